The molecule has 9 nitrogen and oxygen atoms in total. The molecule has 2 atom stereocenters. The van der Waals surface area contributed by atoms with Crippen LogP contribution in [0.4, 0.5) is 5.69 Å². The molecule has 0 amide bonds. The van der Waals surface area contributed by atoms with Crippen molar-refractivity contribution in [2.75, 3.05) is 13.2 Å². The fraction of sp³-hybridized carbons (Fsp3) is 0.500. The molecule has 158 valence electrons. The van der Waals surface area contributed by atoms with Crippen molar-refractivity contribution in [1.82, 2.24) is 5.32 Å². The SMILES string of the molecule is CC(C)OC(=CN[C@@H]1c2cc([N+](=O)[O-])ccc2OC(C)(C)[C@H]1O)COCC=C=O. The van der Waals surface area contributed by atoms with Crippen LogP contribution in [0.5, 0.6) is 5.75 Å². The Labute approximate surface area is 169 Å². The van der Waals surface area contributed by atoms with Gasteiger partial charge in [0.05, 0.1) is 23.7 Å². The maximum atomic E-state index is 11.2. The Balaban J connectivity index is 2.31. The molecule has 1 aliphatic rings. The fourth-order valence-electron chi connectivity index (χ4n) is 2.93. The number of non-ortho nitro benzene ring substituents is 1. The average Bonchev–Trinajstić information content (AvgIpc) is 2.64. The second-order valence-electron chi connectivity index (χ2n) is 7.39. The molecule has 0 fully saturated rings. The third-order valence-electron chi connectivity index (χ3n) is 4.28. The van der Waals surface area contributed by atoms with Gasteiger partial charge in [0.2, 0.25) is 0 Å². The van der Waals surface area contributed by atoms with Gasteiger partial charge in [0.25, 0.3) is 5.69 Å². The minimum atomic E-state index is -0.993. The summed E-state index contributed by atoms with van der Waals surface area (Å²) >= 11 is 0. The van der Waals surface area contributed by atoms with Crippen LogP contribution in [0.25, 0.3) is 0 Å². The second kappa shape index (κ2) is 9.56. The summed E-state index contributed by atoms with van der Waals surface area (Å²) in [6, 6.07) is 3.60. The number of aliphatic hydroxyl groups excluding tert-OH is 1. The Kier molecular flexibility index (Phi) is 7.39. The lowest BCUT2D eigenvalue weighted by molar-refractivity contribution is -0.385. The van der Waals surface area contributed by atoms with E-state index in [1.807, 2.05) is 13.8 Å². The first kappa shape index (κ1) is 22.4. The summed E-state index contributed by atoms with van der Waals surface area (Å²) in [7, 11) is 0. The number of hydrogen-bond donors (Lipinski definition) is 2. The zero-order valence-electron chi connectivity index (χ0n) is 16.9. The van der Waals surface area contributed by atoms with Gasteiger partial charge in [-0.05, 0) is 33.8 Å². The first-order valence-electron chi connectivity index (χ1n) is 9.20. The number of ether oxygens (including phenoxy) is 3. The Morgan fingerprint density at radius 1 is 1.48 bits per heavy atom. The Morgan fingerprint density at radius 2 is 2.21 bits per heavy atom. The number of fused-ring (bicyclic) bond motifs is 1. The van der Waals surface area contributed by atoms with Crippen molar-refractivity contribution in [3.63, 3.8) is 0 Å². The summed E-state index contributed by atoms with van der Waals surface area (Å²) in [5.74, 6) is 2.53. The quantitative estimate of drug-likeness (QED) is 0.211. The van der Waals surface area contributed by atoms with E-state index in [4.69, 9.17) is 14.2 Å². The number of nitro groups is 1. The number of aliphatic hydroxyl groups is 1. The van der Waals surface area contributed by atoms with Crippen molar-refractivity contribution in [2.45, 2.75) is 51.5 Å². The minimum absolute atomic E-state index is 0.0875. The molecule has 1 aliphatic heterocycles. The molecular weight excluding hydrogens is 380 g/mol. The van der Waals surface area contributed by atoms with Gasteiger partial charge in [-0.1, -0.05) is 0 Å². The van der Waals surface area contributed by atoms with Gasteiger partial charge >= 0.3 is 0 Å². The van der Waals surface area contributed by atoms with Crippen LogP contribution in [0.1, 0.15) is 39.3 Å². The molecule has 1 heterocycles. The van der Waals surface area contributed by atoms with Gasteiger partial charge in [0.1, 0.15) is 35.8 Å². The molecule has 2 N–H and O–H groups in total. The van der Waals surface area contributed by atoms with Gasteiger partial charge in [-0.3, -0.25) is 10.1 Å². The number of rotatable bonds is 9. The maximum absolute atomic E-state index is 11.2. The van der Waals surface area contributed by atoms with E-state index in [2.05, 4.69) is 5.32 Å². The van der Waals surface area contributed by atoms with E-state index in [9.17, 15) is 20.0 Å². The molecular formula is C20H26N2O7. The normalized spacial score (nSPS) is 20.3. The van der Waals surface area contributed by atoms with E-state index < -0.39 is 22.7 Å². The smallest absolute Gasteiger partial charge is 0.270 e. The third-order valence-corrected chi connectivity index (χ3v) is 4.28. The highest BCUT2D eigenvalue weighted by molar-refractivity contribution is 5.48. The van der Waals surface area contributed by atoms with E-state index in [-0.39, 0.29) is 25.0 Å². The number of hydrogen-bond acceptors (Lipinski definition) is 8. The third kappa shape index (κ3) is 5.80. The molecule has 0 saturated heterocycles. The van der Waals surface area contributed by atoms with E-state index >= 15 is 0 Å². The van der Waals surface area contributed by atoms with Gasteiger partial charge in [-0.2, -0.15) is 0 Å². The summed E-state index contributed by atoms with van der Waals surface area (Å²) in [5.41, 5.74) is -0.549. The summed E-state index contributed by atoms with van der Waals surface area (Å²) in [4.78, 5) is 20.9. The molecule has 0 radical (unpaired) electrons. The van der Waals surface area contributed by atoms with Crippen molar-refractivity contribution < 1.29 is 29.0 Å². The monoisotopic (exact) mass is 406 g/mol. The highest BCUT2D eigenvalue weighted by Gasteiger charge is 2.43. The zero-order valence-corrected chi connectivity index (χ0v) is 16.9. The number of nitrogens with one attached hydrogen (secondary N) is 1. The van der Waals surface area contributed by atoms with Crippen LogP contribution >= 0.6 is 0 Å². The van der Waals surface area contributed by atoms with Gasteiger partial charge in [0.15, 0.2) is 0 Å². The van der Waals surface area contributed by atoms with Crippen molar-refractivity contribution in [2.24, 2.45) is 0 Å². The molecule has 9 heteroatoms. The predicted octanol–water partition coefficient (Wildman–Crippen LogP) is 2.43. The van der Waals surface area contributed by atoms with E-state index in [0.717, 1.165) is 0 Å². The first-order chi connectivity index (χ1) is 13.7. The summed E-state index contributed by atoms with van der Waals surface area (Å²) in [6.45, 7) is 7.36. The second-order valence-corrected chi connectivity index (χ2v) is 7.39. The standard InChI is InChI=1S/C20H26N2O7/c1-13(2)28-15(12-27-9-5-8-23)11-21-18-16-10-14(22(25)26)6-7-17(16)29-20(3,4)19(18)24/h5-7,10-11,13,18-19,21,24H,9,12H2,1-4H3/t18-,19+/m1/s1. The molecule has 1 aromatic rings. The van der Waals surface area contributed by atoms with Crippen molar-refractivity contribution in [1.29, 1.82) is 0 Å². The minimum Gasteiger partial charge on any atom is -0.491 e. The lowest BCUT2D eigenvalue weighted by atomic mass is 9.86. The number of nitrogens with zero attached hydrogens (tertiary/aromatic N) is 1. The van der Waals surface area contributed by atoms with Crippen molar-refractivity contribution in [3.05, 3.63) is 51.9 Å². The highest BCUT2D eigenvalue weighted by atomic mass is 16.6. The molecule has 0 unspecified atom stereocenters. The average molecular weight is 406 g/mol. The molecule has 2 rings (SSSR count). The number of benzene rings is 1. The Morgan fingerprint density at radius 3 is 2.83 bits per heavy atom. The zero-order chi connectivity index (χ0) is 21.6. The van der Waals surface area contributed by atoms with Crippen LogP contribution in [-0.2, 0) is 14.3 Å². The van der Waals surface area contributed by atoms with Gasteiger partial charge in [-0.25, -0.2) is 4.79 Å². The predicted molar refractivity (Wildman–Crippen MR) is 105 cm³/mol. The van der Waals surface area contributed by atoms with Crippen LogP contribution in [0.2, 0.25) is 0 Å². The van der Waals surface area contributed by atoms with Crippen molar-refractivity contribution in [3.8, 4) is 5.75 Å². The lowest BCUT2D eigenvalue weighted by Crippen LogP contribution is -2.51. The van der Waals surface area contributed by atoms with E-state index in [1.54, 1.807) is 26.0 Å². The van der Waals surface area contributed by atoms with E-state index in [0.29, 0.717) is 17.1 Å². The Hall–Kier alpha value is -2.87. The van der Waals surface area contributed by atoms with Crippen LogP contribution in [-0.4, -0.2) is 47.0 Å². The summed E-state index contributed by atoms with van der Waals surface area (Å²) in [6.07, 6.45) is 1.65. The largest absolute Gasteiger partial charge is 0.491 e. The highest BCUT2D eigenvalue weighted by Crippen LogP contribution is 2.41. The number of nitro benzene ring substituents is 1. The molecule has 29 heavy (non-hydrogen) atoms. The van der Waals surface area contributed by atoms with Crippen molar-refractivity contribution >= 4 is 11.6 Å². The summed E-state index contributed by atoms with van der Waals surface area (Å²) in [5, 5.41) is 25.1. The van der Waals surface area contributed by atoms with Gasteiger partial charge < -0.3 is 24.6 Å². The van der Waals surface area contributed by atoms with Crippen LogP contribution in [0.3, 0.4) is 0 Å². The van der Waals surface area contributed by atoms with Crippen LogP contribution < -0.4 is 10.1 Å². The Bertz CT molecular complexity index is 813. The molecule has 0 bridgehead atoms. The first-order valence-corrected chi connectivity index (χ1v) is 9.20. The van der Waals surface area contributed by atoms with E-state index in [1.165, 1.54) is 24.3 Å². The van der Waals surface area contributed by atoms with Gasteiger partial charge in [0, 0.05) is 30.0 Å². The summed E-state index contributed by atoms with van der Waals surface area (Å²) < 4.78 is 16.9. The maximum Gasteiger partial charge on any atom is 0.270 e. The molecule has 0 aliphatic carbocycles. The molecule has 0 aromatic heterocycles. The lowest BCUT2D eigenvalue weighted by Gasteiger charge is -2.42. The molecule has 0 saturated carbocycles. The fourth-order valence-corrected chi connectivity index (χ4v) is 2.93. The van der Waals surface area contributed by atoms with Gasteiger partial charge in [-0.15, -0.1) is 0 Å². The topological polar surface area (TPSA) is 120 Å². The molecule has 1 aromatic carbocycles. The van der Waals surface area contributed by atoms with Crippen LogP contribution in [0.15, 0.2) is 36.2 Å². The number of carbonyl (C=O) groups excluding carboxylic acids is 1. The van der Waals surface area contributed by atoms with Crippen LogP contribution in [0, 0.1) is 10.1 Å². The molecule has 0 spiro atoms.